The molecular formula is C20H22O3. The number of hydrogen-bond donors (Lipinski definition) is 0. The molecular weight excluding hydrogens is 288 g/mol. The molecule has 0 bridgehead atoms. The van der Waals surface area contributed by atoms with E-state index in [1.165, 1.54) is 0 Å². The van der Waals surface area contributed by atoms with E-state index in [4.69, 9.17) is 4.74 Å². The summed E-state index contributed by atoms with van der Waals surface area (Å²) >= 11 is 0. The van der Waals surface area contributed by atoms with Gasteiger partial charge in [-0.2, -0.15) is 0 Å². The van der Waals surface area contributed by atoms with E-state index in [0.717, 1.165) is 6.42 Å². The predicted molar refractivity (Wildman–Crippen MR) is 90.7 cm³/mol. The summed E-state index contributed by atoms with van der Waals surface area (Å²) in [6.07, 6.45) is -0.153. The fourth-order valence-corrected chi connectivity index (χ4v) is 2.16. The first-order valence-corrected chi connectivity index (χ1v) is 7.93. The SMILES string of the molecule is CCC(C)COC(C(=O)c1ccccc1)C(=O)c1ccccc1. The normalized spacial score (nSPS) is 12.1. The van der Waals surface area contributed by atoms with Gasteiger partial charge < -0.3 is 4.74 Å². The molecule has 0 radical (unpaired) electrons. The molecule has 0 aliphatic rings. The number of carbonyl (C=O) groups is 2. The van der Waals surface area contributed by atoms with Gasteiger partial charge in [-0.25, -0.2) is 0 Å². The Balaban J connectivity index is 2.24. The lowest BCUT2D eigenvalue weighted by Crippen LogP contribution is -2.34. The van der Waals surface area contributed by atoms with Crippen LogP contribution in [0, 0.1) is 5.92 Å². The zero-order valence-corrected chi connectivity index (χ0v) is 13.6. The smallest absolute Gasteiger partial charge is 0.199 e. The van der Waals surface area contributed by atoms with Crippen LogP contribution >= 0.6 is 0 Å². The largest absolute Gasteiger partial charge is 0.361 e. The molecule has 0 aromatic heterocycles. The molecule has 0 heterocycles. The van der Waals surface area contributed by atoms with E-state index in [9.17, 15) is 9.59 Å². The van der Waals surface area contributed by atoms with E-state index < -0.39 is 6.10 Å². The van der Waals surface area contributed by atoms with Gasteiger partial charge in [0.05, 0.1) is 6.61 Å². The number of benzene rings is 2. The molecule has 0 amide bonds. The van der Waals surface area contributed by atoms with E-state index in [0.29, 0.717) is 23.7 Å². The van der Waals surface area contributed by atoms with E-state index in [-0.39, 0.29) is 11.6 Å². The second-order valence-corrected chi connectivity index (χ2v) is 5.69. The quantitative estimate of drug-likeness (QED) is 0.542. The summed E-state index contributed by atoms with van der Waals surface area (Å²) in [4.78, 5) is 25.4. The van der Waals surface area contributed by atoms with Crippen molar-refractivity contribution >= 4 is 11.6 Å². The average Bonchev–Trinajstić information content (AvgIpc) is 2.62. The molecule has 2 aromatic carbocycles. The summed E-state index contributed by atoms with van der Waals surface area (Å²) in [7, 11) is 0. The maximum atomic E-state index is 12.7. The Morgan fingerprint density at radius 2 is 1.30 bits per heavy atom. The number of ether oxygens (including phenoxy) is 1. The minimum absolute atomic E-state index is 0.289. The van der Waals surface area contributed by atoms with Gasteiger partial charge in [0.15, 0.2) is 17.7 Å². The Morgan fingerprint density at radius 1 is 0.870 bits per heavy atom. The zero-order valence-electron chi connectivity index (χ0n) is 13.6. The lowest BCUT2D eigenvalue weighted by Gasteiger charge is -2.18. The number of ketones is 2. The van der Waals surface area contributed by atoms with Crippen molar-refractivity contribution in [2.75, 3.05) is 6.61 Å². The van der Waals surface area contributed by atoms with Gasteiger partial charge in [-0.15, -0.1) is 0 Å². The Morgan fingerprint density at radius 3 is 1.70 bits per heavy atom. The summed E-state index contributed by atoms with van der Waals surface area (Å²) in [6.45, 7) is 4.48. The molecule has 2 rings (SSSR count). The van der Waals surface area contributed by atoms with Crippen LogP contribution in [0.5, 0.6) is 0 Å². The summed E-state index contributed by atoms with van der Waals surface area (Å²) < 4.78 is 5.73. The van der Waals surface area contributed by atoms with Crippen molar-refractivity contribution in [1.82, 2.24) is 0 Å². The zero-order chi connectivity index (χ0) is 16.7. The van der Waals surface area contributed by atoms with Crippen molar-refractivity contribution in [3.05, 3.63) is 71.8 Å². The van der Waals surface area contributed by atoms with Crippen molar-refractivity contribution in [3.8, 4) is 0 Å². The van der Waals surface area contributed by atoms with Crippen molar-refractivity contribution in [2.45, 2.75) is 26.4 Å². The highest BCUT2D eigenvalue weighted by molar-refractivity contribution is 6.18. The molecule has 1 atom stereocenters. The van der Waals surface area contributed by atoms with Crippen LogP contribution in [0.4, 0.5) is 0 Å². The van der Waals surface area contributed by atoms with Crippen molar-refractivity contribution in [3.63, 3.8) is 0 Å². The van der Waals surface area contributed by atoms with Crippen molar-refractivity contribution < 1.29 is 14.3 Å². The first-order valence-electron chi connectivity index (χ1n) is 7.93. The fourth-order valence-electron chi connectivity index (χ4n) is 2.16. The minimum Gasteiger partial charge on any atom is -0.361 e. The number of hydrogen-bond acceptors (Lipinski definition) is 3. The molecule has 3 nitrogen and oxygen atoms in total. The molecule has 0 N–H and O–H groups in total. The number of rotatable bonds is 8. The minimum atomic E-state index is -1.09. The molecule has 2 aromatic rings. The average molecular weight is 310 g/mol. The van der Waals surface area contributed by atoms with Gasteiger partial charge in [0, 0.05) is 11.1 Å². The Hall–Kier alpha value is -2.26. The first-order chi connectivity index (χ1) is 11.1. The van der Waals surface area contributed by atoms with Crippen molar-refractivity contribution in [2.24, 2.45) is 5.92 Å². The number of Topliss-reactive ketones (excluding diaryl/α,β-unsaturated/α-hetero) is 2. The van der Waals surface area contributed by atoms with Gasteiger partial charge in [0.2, 0.25) is 0 Å². The topological polar surface area (TPSA) is 43.4 Å². The van der Waals surface area contributed by atoms with Crippen molar-refractivity contribution in [1.29, 1.82) is 0 Å². The Kier molecular flexibility index (Phi) is 6.24. The third-order valence-corrected chi connectivity index (χ3v) is 3.84. The highest BCUT2D eigenvalue weighted by Gasteiger charge is 2.29. The molecule has 0 spiro atoms. The maximum absolute atomic E-state index is 12.7. The molecule has 1 unspecified atom stereocenters. The van der Waals surface area contributed by atoms with Crippen LogP contribution in [0.15, 0.2) is 60.7 Å². The molecule has 0 aliphatic carbocycles. The highest BCUT2D eigenvalue weighted by Crippen LogP contribution is 2.14. The van der Waals surface area contributed by atoms with Gasteiger partial charge in [-0.1, -0.05) is 80.9 Å². The van der Waals surface area contributed by atoms with Gasteiger partial charge in [-0.05, 0) is 5.92 Å². The summed E-state index contributed by atoms with van der Waals surface area (Å²) in [5.74, 6) is -0.282. The lowest BCUT2D eigenvalue weighted by molar-refractivity contribution is 0.0279. The van der Waals surface area contributed by atoms with Gasteiger partial charge in [-0.3, -0.25) is 9.59 Å². The van der Waals surface area contributed by atoms with Crippen LogP contribution in [0.25, 0.3) is 0 Å². The standard InChI is InChI=1S/C20H22O3/c1-3-15(2)14-23-20(18(21)16-10-6-4-7-11-16)19(22)17-12-8-5-9-13-17/h4-13,15,20H,3,14H2,1-2H3. The second kappa shape index (κ2) is 8.39. The van der Waals surface area contributed by atoms with E-state index in [2.05, 4.69) is 6.92 Å². The van der Waals surface area contributed by atoms with Crippen LogP contribution in [-0.2, 0) is 4.74 Å². The van der Waals surface area contributed by atoms with Crippen LogP contribution in [-0.4, -0.2) is 24.3 Å². The molecule has 23 heavy (non-hydrogen) atoms. The van der Waals surface area contributed by atoms with Crippen LogP contribution in [0.3, 0.4) is 0 Å². The monoisotopic (exact) mass is 310 g/mol. The molecule has 0 saturated carbocycles. The summed E-state index contributed by atoms with van der Waals surface area (Å²) in [5.41, 5.74) is 0.983. The maximum Gasteiger partial charge on any atom is 0.199 e. The lowest BCUT2D eigenvalue weighted by atomic mass is 9.98. The van der Waals surface area contributed by atoms with Crippen LogP contribution in [0.2, 0.25) is 0 Å². The molecule has 0 saturated heterocycles. The van der Waals surface area contributed by atoms with Gasteiger partial charge in [0.1, 0.15) is 0 Å². The Labute approximate surface area is 137 Å². The molecule has 120 valence electrons. The Bertz CT molecular complexity index is 583. The molecule has 0 aliphatic heterocycles. The van der Waals surface area contributed by atoms with Crippen LogP contribution < -0.4 is 0 Å². The highest BCUT2D eigenvalue weighted by atomic mass is 16.5. The first kappa shape index (κ1) is 17.1. The third kappa shape index (κ3) is 4.60. The summed E-state index contributed by atoms with van der Waals surface area (Å²) in [6, 6.07) is 17.6. The fraction of sp³-hybridized carbons (Fsp3) is 0.300. The number of carbonyl (C=O) groups excluding carboxylic acids is 2. The van der Waals surface area contributed by atoms with Gasteiger partial charge in [0.25, 0.3) is 0 Å². The summed E-state index contributed by atoms with van der Waals surface area (Å²) in [5, 5.41) is 0. The molecule has 0 fully saturated rings. The van der Waals surface area contributed by atoms with E-state index >= 15 is 0 Å². The van der Waals surface area contributed by atoms with Crippen LogP contribution in [0.1, 0.15) is 41.0 Å². The van der Waals surface area contributed by atoms with E-state index in [1.54, 1.807) is 48.5 Å². The second-order valence-electron chi connectivity index (χ2n) is 5.69. The molecule has 3 heteroatoms. The third-order valence-electron chi connectivity index (χ3n) is 3.84. The van der Waals surface area contributed by atoms with E-state index in [1.807, 2.05) is 19.1 Å². The predicted octanol–water partition coefficient (Wildman–Crippen LogP) is 4.18. The van der Waals surface area contributed by atoms with Gasteiger partial charge >= 0.3 is 0 Å².